The van der Waals surface area contributed by atoms with Crippen LogP contribution in [0, 0.1) is 13.8 Å². The zero-order chi connectivity index (χ0) is 19.8. The Morgan fingerprint density at radius 2 is 2.07 bits per heavy atom. The number of hydrogen-bond donors (Lipinski definition) is 1. The molecule has 2 aromatic carbocycles. The van der Waals surface area contributed by atoms with Crippen LogP contribution in [0.5, 0.6) is 5.75 Å². The topological polar surface area (TPSA) is 59.4 Å². The Balaban J connectivity index is 1.64. The van der Waals surface area contributed by atoms with Gasteiger partial charge in [0.1, 0.15) is 12.4 Å². The molecular weight excluding hydrogens is 376 g/mol. The average Bonchev–Trinajstić information content (AvgIpc) is 2.99. The zero-order valence-electron chi connectivity index (χ0n) is 16.0. The van der Waals surface area contributed by atoms with Gasteiger partial charge in [-0.15, -0.1) is 0 Å². The average molecular weight is 397 g/mol. The van der Waals surface area contributed by atoms with Gasteiger partial charge in [0.15, 0.2) is 0 Å². The van der Waals surface area contributed by atoms with Crippen LogP contribution < -0.4 is 15.0 Å². The number of rotatable bonds is 3. The molecule has 4 rings (SSSR count). The summed E-state index contributed by atoms with van der Waals surface area (Å²) in [6.07, 6.45) is 0. The molecule has 1 amide bonds. The van der Waals surface area contributed by atoms with E-state index in [4.69, 9.17) is 16.3 Å². The van der Waals surface area contributed by atoms with Crippen molar-refractivity contribution in [2.75, 3.05) is 30.4 Å². The Kier molecular flexibility index (Phi) is 4.73. The molecule has 0 radical (unpaired) electrons. The summed E-state index contributed by atoms with van der Waals surface area (Å²) in [4.78, 5) is 14.7. The molecule has 2 heterocycles. The third kappa shape index (κ3) is 3.20. The van der Waals surface area contributed by atoms with Crippen LogP contribution in [0.2, 0.25) is 5.02 Å². The van der Waals surface area contributed by atoms with E-state index in [0.29, 0.717) is 17.2 Å². The van der Waals surface area contributed by atoms with Crippen molar-refractivity contribution in [3.63, 3.8) is 0 Å². The summed E-state index contributed by atoms with van der Waals surface area (Å²) in [5.74, 6) is 0.699. The Morgan fingerprint density at radius 3 is 2.82 bits per heavy atom. The van der Waals surface area contributed by atoms with E-state index in [0.717, 1.165) is 40.7 Å². The molecule has 1 N–H and O–H groups in total. The smallest absolute Gasteiger partial charge is 0.258 e. The van der Waals surface area contributed by atoms with E-state index in [1.807, 2.05) is 50.2 Å². The van der Waals surface area contributed by atoms with Gasteiger partial charge in [0.05, 0.1) is 27.8 Å². The minimum Gasteiger partial charge on any atom is -0.490 e. The molecule has 0 spiro atoms. The molecule has 0 fully saturated rings. The van der Waals surface area contributed by atoms with Crippen LogP contribution >= 0.6 is 11.6 Å². The normalized spacial score (nSPS) is 12.7. The number of halogens is 1. The Labute approximate surface area is 168 Å². The lowest BCUT2D eigenvalue weighted by molar-refractivity contribution is 0.0993. The summed E-state index contributed by atoms with van der Waals surface area (Å²) in [5.41, 5.74) is 4.67. The van der Waals surface area contributed by atoms with Gasteiger partial charge >= 0.3 is 0 Å². The second-order valence-electron chi connectivity index (χ2n) is 6.77. The fourth-order valence-electron chi connectivity index (χ4n) is 3.29. The standard InChI is InChI=1S/C21H21ClN4O2/c1-13-20(22)14(2)26(24-13)17-6-4-5-15(11-17)21(27)25(3)16-7-8-19-18(12-16)23-9-10-28-19/h4-8,11-12,23H,9-10H2,1-3H3. The molecule has 144 valence electrons. The summed E-state index contributed by atoms with van der Waals surface area (Å²) in [6, 6.07) is 13.1. The molecule has 1 aliphatic rings. The molecule has 0 saturated heterocycles. The first kappa shape index (κ1) is 18.4. The number of carbonyl (C=O) groups is 1. The Hall–Kier alpha value is -2.99. The number of amides is 1. The van der Waals surface area contributed by atoms with E-state index in [1.165, 1.54) is 0 Å². The van der Waals surface area contributed by atoms with E-state index in [9.17, 15) is 4.79 Å². The lowest BCUT2D eigenvalue weighted by Gasteiger charge is -2.23. The quantitative estimate of drug-likeness (QED) is 0.720. The van der Waals surface area contributed by atoms with Crippen LogP contribution in [-0.2, 0) is 0 Å². The third-order valence-electron chi connectivity index (χ3n) is 4.87. The highest BCUT2D eigenvalue weighted by molar-refractivity contribution is 6.31. The van der Waals surface area contributed by atoms with Gasteiger partial charge in [0, 0.05) is 24.8 Å². The first-order valence-corrected chi connectivity index (χ1v) is 9.44. The lowest BCUT2D eigenvalue weighted by Crippen LogP contribution is -2.27. The molecule has 28 heavy (non-hydrogen) atoms. The highest BCUT2D eigenvalue weighted by Gasteiger charge is 2.18. The molecule has 3 aromatic rings. The highest BCUT2D eigenvalue weighted by atomic mass is 35.5. The second-order valence-corrected chi connectivity index (χ2v) is 7.14. The Morgan fingerprint density at radius 1 is 1.25 bits per heavy atom. The number of hydrogen-bond acceptors (Lipinski definition) is 4. The molecule has 0 aliphatic carbocycles. The van der Waals surface area contributed by atoms with Gasteiger partial charge in [-0.1, -0.05) is 17.7 Å². The summed E-state index contributed by atoms with van der Waals surface area (Å²) in [6.45, 7) is 5.17. The summed E-state index contributed by atoms with van der Waals surface area (Å²) < 4.78 is 7.36. The fourth-order valence-corrected chi connectivity index (χ4v) is 3.41. The minimum absolute atomic E-state index is 0.105. The third-order valence-corrected chi connectivity index (χ3v) is 5.42. The monoisotopic (exact) mass is 396 g/mol. The van der Waals surface area contributed by atoms with Crippen molar-refractivity contribution in [3.05, 3.63) is 64.4 Å². The van der Waals surface area contributed by atoms with Gasteiger partial charge < -0.3 is 15.0 Å². The van der Waals surface area contributed by atoms with Crippen molar-refractivity contribution in [1.29, 1.82) is 0 Å². The fraction of sp³-hybridized carbons (Fsp3) is 0.238. The summed E-state index contributed by atoms with van der Waals surface area (Å²) in [5, 5.41) is 8.40. The molecule has 7 heteroatoms. The number of fused-ring (bicyclic) bond motifs is 1. The molecule has 6 nitrogen and oxygen atoms in total. The number of carbonyl (C=O) groups excluding carboxylic acids is 1. The van der Waals surface area contributed by atoms with Gasteiger partial charge in [-0.3, -0.25) is 4.79 Å². The lowest BCUT2D eigenvalue weighted by atomic mass is 10.1. The summed E-state index contributed by atoms with van der Waals surface area (Å²) in [7, 11) is 1.76. The first-order valence-electron chi connectivity index (χ1n) is 9.06. The van der Waals surface area contributed by atoms with E-state index in [2.05, 4.69) is 10.4 Å². The molecule has 0 atom stereocenters. The highest BCUT2D eigenvalue weighted by Crippen LogP contribution is 2.32. The van der Waals surface area contributed by atoms with Crippen LogP contribution in [0.1, 0.15) is 21.7 Å². The van der Waals surface area contributed by atoms with Crippen molar-refractivity contribution in [2.24, 2.45) is 0 Å². The predicted molar refractivity (Wildman–Crippen MR) is 111 cm³/mol. The molecule has 1 aromatic heterocycles. The number of ether oxygens (including phenoxy) is 1. The van der Waals surface area contributed by atoms with Crippen LogP contribution in [0.25, 0.3) is 5.69 Å². The van der Waals surface area contributed by atoms with Crippen molar-refractivity contribution >= 4 is 28.9 Å². The van der Waals surface area contributed by atoms with Gasteiger partial charge in [-0.05, 0) is 50.2 Å². The maximum atomic E-state index is 13.1. The van der Waals surface area contributed by atoms with E-state index < -0.39 is 0 Å². The number of aromatic nitrogens is 2. The van der Waals surface area contributed by atoms with E-state index in [-0.39, 0.29) is 5.91 Å². The van der Waals surface area contributed by atoms with Gasteiger partial charge in [-0.25, -0.2) is 4.68 Å². The summed E-state index contributed by atoms with van der Waals surface area (Å²) >= 11 is 6.26. The van der Waals surface area contributed by atoms with Crippen LogP contribution in [0.3, 0.4) is 0 Å². The second kappa shape index (κ2) is 7.20. The molecule has 0 saturated carbocycles. The number of nitrogens with one attached hydrogen (secondary N) is 1. The minimum atomic E-state index is -0.105. The number of aryl methyl sites for hydroxylation is 1. The maximum Gasteiger partial charge on any atom is 0.258 e. The van der Waals surface area contributed by atoms with Crippen LogP contribution in [-0.4, -0.2) is 35.9 Å². The SMILES string of the molecule is Cc1nn(-c2cccc(C(=O)N(C)c3ccc4c(c3)NCCO4)c2)c(C)c1Cl. The molecule has 0 bridgehead atoms. The van der Waals surface area contributed by atoms with Crippen molar-refractivity contribution in [3.8, 4) is 11.4 Å². The van der Waals surface area contributed by atoms with E-state index >= 15 is 0 Å². The molecule has 1 aliphatic heterocycles. The Bertz CT molecular complexity index is 1060. The van der Waals surface area contributed by atoms with Crippen LogP contribution in [0.4, 0.5) is 11.4 Å². The number of nitrogens with zero attached hydrogens (tertiary/aromatic N) is 3. The van der Waals surface area contributed by atoms with Gasteiger partial charge in [-0.2, -0.15) is 5.10 Å². The maximum absolute atomic E-state index is 13.1. The molecular formula is C21H21ClN4O2. The van der Waals surface area contributed by atoms with Gasteiger partial charge in [0.2, 0.25) is 0 Å². The predicted octanol–water partition coefficient (Wildman–Crippen LogP) is 4.22. The largest absolute Gasteiger partial charge is 0.490 e. The van der Waals surface area contributed by atoms with E-state index in [1.54, 1.807) is 22.7 Å². The molecule has 0 unspecified atom stereocenters. The first-order chi connectivity index (χ1) is 13.5. The van der Waals surface area contributed by atoms with Crippen LogP contribution in [0.15, 0.2) is 42.5 Å². The zero-order valence-corrected chi connectivity index (χ0v) is 16.7. The van der Waals surface area contributed by atoms with Gasteiger partial charge in [0.25, 0.3) is 5.91 Å². The number of benzene rings is 2. The van der Waals surface area contributed by atoms with Crippen molar-refractivity contribution in [1.82, 2.24) is 9.78 Å². The van der Waals surface area contributed by atoms with Crippen molar-refractivity contribution < 1.29 is 9.53 Å². The van der Waals surface area contributed by atoms with Crippen molar-refractivity contribution in [2.45, 2.75) is 13.8 Å². The number of anilines is 2.